The topological polar surface area (TPSA) is 92.6 Å². The van der Waals surface area contributed by atoms with Gasteiger partial charge in [-0.15, -0.1) is 10.2 Å². The van der Waals surface area contributed by atoms with Crippen molar-refractivity contribution in [2.45, 2.75) is 38.3 Å². The Morgan fingerprint density at radius 3 is 2.83 bits per heavy atom. The van der Waals surface area contributed by atoms with Gasteiger partial charge in [-0.3, -0.25) is 13.9 Å². The maximum atomic E-state index is 13.5. The first kappa shape index (κ1) is 21.4. The Morgan fingerprint density at radius 1 is 1.14 bits per heavy atom. The molecule has 0 spiro atoms. The Kier molecular flexibility index (Phi) is 5.26. The summed E-state index contributed by atoms with van der Waals surface area (Å²) in [6.45, 7) is 2.03. The van der Waals surface area contributed by atoms with E-state index in [2.05, 4.69) is 21.4 Å². The third-order valence-corrected chi connectivity index (χ3v) is 6.50. The molecule has 0 bridgehead atoms. The second-order valence-corrected chi connectivity index (χ2v) is 8.78. The van der Waals surface area contributed by atoms with E-state index in [-0.39, 0.29) is 11.8 Å². The summed E-state index contributed by atoms with van der Waals surface area (Å²) in [4.78, 5) is 22.8. The summed E-state index contributed by atoms with van der Waals surface area (Å²) in [5, 5.41) is 9.79. The van der Waals surface area contributed by atoms with E-state index < -0.39 is 0 Å². The molecule has 1 fully saturated rings. The predicted octanol–water partition coefficient (Wildman–Crippen LogP) is 4.26. The highest BCUT2D eigenvalue weighted by Gasteiger charge is 2.25. The molecule has 1 saturated carbocycles. The first-order valence-corrected chi connectivity index (χ1v) is 11.8. The summed E-state index contributed by atoms with van der Waals surface area (Å²) >= 11 is 0. The van der Waals surface area contributed by atoms with Crippen molar-refractivity contribution >= 4 is 10.8 Å². The van der Waals surface area contributed by atoms with Crippen LogP contribution in [0.2, 0.25) is 0 Å². The predicted molar refractivity (Wildman–Crippen MR) is 132 cm³/mol. The Balaban J connectivity index is 1.41. The molecule has 1 aliphatic carbocycles. The van der Waals surface area contributed by atoms with E-state index in [4.69, 9.17) is 9.72 Å². The van der Waals surface area contributed by atoms with Gasteiger partial charge in [0.05, 0.1) is 12.0 Å². The summed E-state index contributed by atoms with van der Waals surface area (Å²) in [5.74, 6) is 1.68. The maximum absolute atomic E-state index is 13.5. The molecule has 0 aliphatic heterocycles. The molecule has 0 saturated heterocycles. The zero-order valence-corrected chi connectivity index (χ0v) is 19.6. The lowest BCUT2D eigenvalue weighted by Crippen LogP contribution is -2.19. The smallest absolute Gasteiger partial charge is 0.264 e. The monoisotopic (exact) mass is 467 g/mol. The van der Waals surface area contributed by atoms with Crippen molar-refractivity contribution in [1.82, 2.24) is 33.9 Å². The number of ether oxygens (including phenoxy) is 1. The molecule has 0 N–H and O–H groups in total. The molecule has 1 aromatic carbocycles. The lowest BCUT2D eigenvalue weighted by Gasteiger charge is -2.16. The number of methoxy groups -OCH3 is 1. The highest BCUT2D eigenvalue weighted by Crippen LogP contribution is 2.39. The van der Waals surface area contributed by atoms with Gasteiger partial charge in [-0.1, -0.05) is 19.1 Å². The van der Waals surface area contributed by atoms with E-state index in [9.17, 15) is 4.79 Å². The van der Waals surface area contributed by atoms with Gasteiger partial charge in [0.2, 0.25) is 0 Å². The van der Waals surface area contributed by atoms with Crippen LogP contribution in [0.25, 0.3) is 33.8 Å². The number of pyridine rings is 2. The molecule has 1 aliphatic rings. The third-order valence-electron chi connectivity index (χ3n) is 6.50. The van der Waals surface area contributed by atoms with Crippen molar-refractivity contribution in [2.24, 2.45) is 0 Å². The number of nitrogens with zero attached hydrogens (tertiary/aromatic N) is 7. The van der Waals surface area contributed by atoms with Crippen molar-refractivity contribution < 1.29 is 4.74 Å². The quantitative estimate of drug-likeness (QED) is 0.355. The molecular weight excluding hydrogens is 442 g/mol. The molecule has 9 nitrogen and oxygen atoms in total. The highest BCUT2D eigenvalue weighted by molar-refractivity contribution is 5.83. The van der Waals surface area contributed by atoms with Gasteiger partial charge < -0.3 is 9.30 Å². The minimum absolute atomic E-state index is 0.138. The standard InChI is InChI=1S/C26H25N7O2/c1-3-24(35-2)33-16-28-30-25(33)21-5-4-6-23(29-21)32-12-11-17-9-10-19(13-20(17)26(32)34)31-14-22(27-15-31)18-7-8-18/h4-6,9-16,18,24H,3,7-8H2,1-2H3. The van der Waals surface area contributed by atoms with Crippen LogP contribution in [0.4, 0.5) is 0 Å². The average molecular weight is 468 g/mol. The van der Waals surface area contributed by atoms with Gasteiger partial charge in [0.1, 0.15) is 24.1 Å². The summed E-state index contributed by atoms with van der Waals surface area (Å²) in [6.07, 6.45) is 10.2. The number of rotatable bonds is 7. The third kappa shape index (κ3) is 3.83. The second kappa shape index (κ2) is 8.59. The van der Waals surface area contributed by atoms with Crippen LogP contribution in [0.1, 0.15) is 44.0 Å². The van der Waals surface area contributed by atoms with Gasteiger partial charge in [-0.05, 0) is 55.0 Å². The molecule has 1 atom stereocenters. The SMILES string of the molecule is CCC(OC)n1cnnc1-c1cccc(-n2ccc3ccc(-n4cnc(C5CC5)c4)cc3c2=O)n1. The highest BCUT2D eigenvalue weighted by atomic mass is 16.5. The number of benzene rings is 1. The van der Waals surface area contributed by atoms with Gasteiger partial charge in [0, 0.05) is 36.5 Å². The zero-order valence-electron chi connectivity index (χ0n) is 19.6. The van der Waals surface area contributed by atoms with Crippen molar-refractivity contribution in [3.63, 3.8) is 0 Å². The van der Waals surface area contributed by atoms with Crippen molar-refractivity contribution in [3.8, 4) is 23.0 Å². The molecule has 0 radical (unpaired) electrons. The van der Waals surface area contributed by atoms with Crippen LogP contribution in [0.15, 0.2) is 72.3 Å². The molecule has 0 amide bonds. The molecular formula is C26H25N7O2. The number of fused-ring (bicyclic) bond motifs is 1. The van der Waals surface area contributed by atoms with E-state index in [1.807, 2.05) is 64.8 Å². The molecule has 1 unspecified atom stereocenters. The van der Waals surface area contributed by atoms with Crippen molar-refractivity contribution in [1.29, 1.82) is 0 Å². The molecule has 176 valence electrons. The number of aromatic nitrogens is 7. The fraction of sp³-hybridized carbons (Fsp3) is 0.269. The van der Waals surface area contributed by atoms with Crippen LogP contribution in [-0.2, 0) is 4.74 Å². The molecule has 4 heterocycles. The van der Waals surface area contributed by atoms with Gasteiger partial charge in [-0.25, -0.2) is 9.97 Å². The van der Waals surface area contributed by atoms with Gasteiger partial charge >= 0.3 is 0 Å². The average Bonchev–Trinajstić information content (AvgIpc) is 3.42. The lowest BCUT2D eigenvalue weighted by molar-refractivity contribution is 0.0420. The van der Waals surface area contributed by atoms with Gasteiger partial charge in [-0.2, -0.15) is 0 Å². The molecule has 6 rings (SSSR count). The number of hydrogen-bond acceptors (Lipinski definition) is 6. The van der Waals surface area contributed by atoms with E-state index in [1.165, 1.54) is 12.8 Å². The zero-order chi connectivity index (χ0) is 23.9. The first-order valence-electron chi connectivity index (χ1n) is 11.8. The fourth-order valence-electron chi connectivity index (χ4n) is 4.43. The van der Waals surface area contributed by atoms with Gasteiger partial charge in [0.25, 0.3) is 5.56 Å². The van der Waals surface area contributed by atoms with Crippen LogP contribution < -0.4 is 5.56 Å². The molecule has 9 heteroatoms. The Labute approximate surface area is 201 Å². The van der Waals surface area contributed by atoms with Crippen LogP contribution >= 0.6 is 0 Å². The van der Waals surface area contributed by atoms with Crippen LogP contribution in [0.3, 0.4) is 0 Å². The summed E-state index contributed by atoms with van der Waals surface area (Å²) < 4.78 is 10.9. The van der Waals surface area contributed by atoms with Crippen molar-refractivity contribution in [3.05, 3.63) is 83.6 Å². The normalized spacial score (nSPS) is 14.5. The van der Waals surface area contributed by atoms with E-state index in [0.717, 1.165) is 23.2 Å². The largest absolute Gasteiger partial charge is 0.361 e. The minimum atomic E-state index is -0.198. The summed E-state index contributed by atoms with van der Waals surface area (Å²) in [7, 11) is 1.65. The fourth-order valence-corrected chi connectivity index (χ4v) is 4.43. The van der Waals surface area contributed by atoms with Crippen molar-refractivity contribution in [2.75, 3.05) is 7.11 Å². The van der Waals surface area contributed by atoms with E-state index in [1.54, 1.807) is 24.2 Å². The Hall–Kier alpha value is -4.11. The van der Waals surface area contributed by atoms with Gasteiger partial charge in [0.15, 0.2) is 5.82 Å². The molecule has 5 aromatic rings. The summed E-state index contributed by atoms with van der Waals surface area (Å²) in [6, 6.07) is 13.4. The lowest BCUT2D eigenvalue weighted by atomic mass is 10.1. The second-order valence-electron chi connectivity index (χ2n) is 8.78. The van der Waals surface area contributed by atoms with Crippen LogP contribution in [0.5, 0.6) is 0 Å². The van der Waals surface area contributed by atoms with Crippen LogP contribution in [0, 0.1) is 0 Å². The van der Waals surface area contributed by atoms with E-state index in [0.29, 0.717) is 28.6 Å². The molecule has 35 heavy (non-hydrogen) atoms. The number of imidazole rings is 1. The summed E-state index contributed by atoms with van der Waals surface area (Å²) in [5.41, 5.74) is 2.50. The Bertz CT molecular complexity index is 1570. The maximum Gasteiger partial charge on any atom is 0.264 e. The van der Waals surface area contributed by atoms with E-state index >= 15 is 0 Å². The van der Waals surface area contributed by atoms with Crippen LogP contribution in [-0.4, -0.2) is 41.0 Å². The Morgan fingerprint density at radius 2 is 2.03 bits per heavy atom. The number of hydrogen-bond donors (Lipinski definition) is 0. The minimum Gasteiger partial charge on any atom is -0.361 e. The first-order chi connectivity index (χ1) is 17.2. The molecule has 4 aromatic heterocycles.